The highest BCUT2D eigenvalue weighted by Gasteiger charge is 2.22. The fraction of sp³-hybridized carbons (Fsp3) is 1.00. The van der Waals surface area contributed by atoms with E-state index in [1.807, 2.05) is 0 Å². The van der Waals surface area contributed by atoms with Gasteiger partial charge in [0.2, 0.25) is 0 Å². The van der Waals surface area contributed by atoms with Crippen molar-refractivity contribution in [2.75, 3.05) is 38.2 Å². The van der Waals surface area contributed by atoms with Crippen LogP contribution in [-0.2, 0) is 9.84 Å². The Bertz CT molecular complexity index is 335. The molecule has 0 aromatic heterocycles. The lowest BCUT2D eigenvalue weighted by Crippen LogP contribution is -2.42. The maximum absolute atomic E-state index is 11.0. The van der Waals surface area contributed by atoms with Crippen molar-refractivity contribution in [3.8, 4) is 0 Å². The van der Waals surface area contributed by atoms with Gasteiger partial charge in [0.1, 0.15) is 9.84 Å². The molecule has 0 aromatic carbocycles. The number of hydrogen-bond acceptors (Lipinski definition) is 4. The minimum absolute atomic E-state index is 0.293. The van der Waals surface area contributed by atoms with Gasteiger partial charge < -0.3 is 10.2 Å². The van der Waals surface area contributed by atoms with Crippen LogP contribution in [0.4, 0.5) is 0 Å². The molecule has 0 radical (unpaired) electrons. The number of sulfone groups is 1. The molecule has 0 aromatic rings. The van der Waals surface area contributed by atoms with Gasteiger partial charge in [-0.3, -0.25) is 0 Å². The molecule has 1 fully saturated rings. The summed E-state index contributed by atoms with van der Waals surface area (Å²) in [6.45, 7) is 8.94. The monoisotopic (exact) mass is 290 g/mol. The van der Waals surface area contributed by atoms with Crippen LogP contribution in [-0.4, -0.2) is 57.5 Å². The third kappa shape index (κ3) is 7.28. The van der Waals surface area contributed by atoms with Gasteiger partial charge in [-0.25, -0.2) is 8.42 Å². The highest BCUT2D eigenvalue weighted by Crippen LogP contribution is 2.20. The number of nitrogens with zero attached hydrogens (tertiary/aromatic N) is 1. The molecule has 1 atom stereocenters. The van der Waals surface area contributed by atoms with E-state index >= 15 is 0 Å². The first-order valence-electron chi connectivity index (χ1n) is 7.56. The number of nitrogens with one attached hydrogen (secondary N) is 1. The molecule has 0 aliphatic carbocycles. The molecular formula is C14H30N2O2S. The summed E-state index contributed by atoms with van der Waals surface area (Å²) in [6, 6.07) is 0.503. The second kappa shape index (κ2) is 8.22. The molecule has 0 spiro atoms. The zero-order valence-corrected chi connectivity index (χ0v) is 13.5. The Morgan fingerprint density at radius 3 is 2.47 bits per heavy atom. The summed E-state index contributed by atoms with van der Waals surface area (Å²) in [5, 5.41) is 3.49. The summed E-state index contributed by atoms with van der Waals surface area (Å²) in [5.41, 5.74) is 0. The topological polar surface area (TPSA) is 49.4 Å². The van der Waals surface area contributed by atoms with Crippen LogP contribution in [0.1, 0.15) is 39.5 Å². The Balaban J connectivity index is 2.15. The Morgan fingerprint density at radius 1 is 1.32 bits per heavy atom. The number of rotatable bonds is 8. The highest BCUT2D eigenvalue weighted by molar-refractivity contribution is 7.90. The Kier molecular flexibility index (Phi) is 7.32. The minimum Gasteiger partial charge on any atom is -0.314 e. The van der Waals surface area contributed by atoms with Gasteiger partial charge in [0.25, 0.3) is 0 Å². The maximum atomic E-state index is 11.0. The molecule has 4 nitrogen and oxygen atoms in total. The third-order valence-corrected chi connectivity index (χ3v) is 5.07. The van der Waals surface area contributed by atoms with Gasteiger partial charge in [-0.1, -0.05) is 6.92 Å². The van der Waals surface area contributed by atoms with Gasteiger partial charge >= 0.3 is 0 Å². The van der Waals surface area contributed by atoms with Gasteiger partial charge in [0.05, 0.1) is 5.75 Å². The molecular weight excluding hydrogens is 260 g/mol. The largest absolute Gasteiger partial charge is 0.314 e. The van der Waals surface area contributed by atoms with Crippen LogP contribution in [0, 0.1) is 5.92 Å². The van der Waals surface area contributed by atoms with Crippen LogP contribution in [0.5, 0.6) is 0 Å². The first-order chi connectivity index (χ1) is 8.92. The lowest BCUT2D eigenvalue weighted by Gasteiger charge is -2.35. The van der Waals surface area contributed by atoms with Crippen LogP contribution < -0.4 is 5.32 Å². The van der Waals surface area contributed by atoms with E-state index in [-0.39, 0.29) is 0 Å². The van der Waals surface area contributed by atoms with Gasteiger partial charge in [-0.2, -0.15) is 0 Å². The fourth-order valence-electron chi connectivity index (χ4n) is 2.82. The Morgan fingerprint density at radius 2 is 1.95 bits per heavy atom. The quantitative estimate of drug-likeness (QED) is 0.689. The van der Waals surface area contributed by atoms with E-state index in [0.717, 1.165) is 18.9 Å². The van der Waals surface area contributed by atoms with Crippen LogP contribution in [0.15, 0.2) is 0 Å². The number of piperidine rings is 1. The summed E-state index contributed by atoms with van der Waals surface area (Å²) in [4.78, 5) is 2.55. The molecule has 1 heterocycles. The average Bonchev–Trinajstić information content (AvgIpc) is 2.34. The van der Waals surface area contributed by atoms with E-state index in [1.54, 1.807) is 0 Å². The molecule has 1 rings (SSSR count). The predicted molar refractivity (Wildman–Crippen MR) is 81.2 cm³/mol. The van der Waals surface area contributed by atoms with Crippen molar-refractivity contribution in [3.63, 3.8) is 0 Å². The van der Waals surface area contributed by atoms with E-state index in [9.17, 15) is 8.42 Å². The standard InChI is InChI=1S/C14H30N2O2S/c1-4-9-16-10-6-14(7-11-16)13(2)15-8-5-12-19(3,17)18/h13-15H,4-12H2,1-3H3. The van der Waals surface area contributed by atoms with Gasteiger partial charge in [0.15, 0.2) is 0 Å². The molecule has 1 aliphatic heterocycles. The van der Waals surface area contributed by atoms with Gasteiger partial charge in [-0.15, -0.1) is 0 Å². The number of likely N-dealkylation sites (tertiary alicyclic amines) is 1. The molecule has 0 saturated carbocycles. The molecule has 1 saturated heterocycles. The molecule has 1 N–H and O–H groups in total. The first-order valence-corrected chi connectivity index (χ1v) is 9.62. The van der Waals surface area contributed by atoms with Crippen LogP contribution in [0.3, 0.4) is 0 Å². The zero-order valence-electron chi connectivity index (χ0n) is 12.7. The lowest BCUT2D eigenvalue weighted by molar-refractivity contribution is 0.163. The lowest BCUT2D eigenvalue weighted by atomic mass is 9.90. The second-order valence-corrected chi connectivity index (χ2v) is 8.17. The SMILES string of the molecule is CCCN1CCC(C(C)NCCCS(C)(=O)=O)CC1. The predicted octanol–water partition coefficient (Wildman–Crippen LogP) is 1.52. The molecule has 0 amide bonds. The molecule has 114 valence electrons. The Labute approximate surface area is 118 Å². The van der Waals surface area contributed by atoms with Gasteiger partial charge in [-0.05, 0) is 64.7 Å². The van der Waals surface area contributed by atoms with E-state index in [2.05, 4.69) is 24.1 Å². The van der Waals surface area contributed by atoms with E-state index < -0.39 is 9.84 Å². The van der Waals surface area contributed by atoms with Crippen molar-refractivity contribution in [2.24, 2.45) is 5.92 Å². The minimum atomic E-state index is -2.81. The summed E-state index contributed by atoms with van der Waals surface area (Å²) in [7, 11) is -2.81. The first kappa shape index (κ1) is 16.9. The molecule has 1 aliphatic rings. The molecule has 0 bridgehead atoms. The third-order valence-electron chi connectivity index (χ3n) is 4.04. The van der Waals surface area contributed by atoms with Crippen molar-refractivity contribution in [3.05, 3.63) is 0 Å². The van der Waals surface area contributed by atoms with Crippen LogP contribution in [0.2, 0.25) is 0 Å². The maximum Gasteiger partial charge on any atom is 0.147 e. The molecule has 19 heavy (non-hydrogen) atoms. The van der Waals surface area contributed by atoms with Crippen LogP contribution in [0.25, 0.3) is 0 Å². The van der Waals surface area contributed by atoms with Gasteiger partial charge in [0, 0.05) is 12.3 Å². The fourth-order valence-corrected chi connectivity index (χ4v) is 3.49. The highest BCUT2D eigenvalue weighted by atomic mass is 32.2. The van der Waals surface area contributed by atoms with Crippen molar-refractivity contribution in [1.82, 2.24) is 10.2 Å². The van der Waals surface area contributed by atoms with E-state index in [0.29, 0.717) is 11.8 Å². The van der Waals surface area contributed by atoms with Crippen molar-refractivity contribution in [2.45, 2.75) is 45.6 Å². The second-order valence-electron chi connectivity index (χ2n) is 5.91. The summed E-state index contributed by atoms with van der Waals surface area (Å²) in [6.07, 6.45) is 5.79. The normalized spacial score (nSPS) is 20.6. The summed E-state index contributed by atoms with van der Waals surface area (Å²) in [5.74, 6) is 1.04. The van der Waals surface area contributed by atoms with Crippen LogP contribution >= 0.6 is 0 Å². The van der Waals surface area contributed by atoms with E-state index in [1.165, 1.54) is 45.2 Å². The molecule has 1 unspecified atom stereocenters. The zero-order chi connectivity index (χ0) is 14.3. The number of hydrogen-bond donors (Lipinski definition) is 1. The average molecular weight is 290 g/mol. The van der Waals surface area contributed by atoms with Crippen molar-refractivity contribution >= 4 is 9.84 Å². The summed E-state index contributed by atoms with van der Waals surface area (Å²) < 4.78 is 22.1. The smallest absolute Gasteiger partial charge is 0.147 e. The molecule has 5 heteroatoms. The summed E-state index contributed by atoms with van der Waals surface area (Å²) >= 11 is 0. The van der Waals surface area contributed by atoms with Crippen molar-refractivity contribution in [1.29, 1.82) is 0 Å². The van der Waals surface area contributed by atoms with Crippen molar-refractivity contribution < 1.29 is 8.42 Å². The Hall–Kier alpha value is -0.130. The van der Waals surface area contributed by atoms with E-state index in [4.69, 9.17) is 0 Å².